The number of hydrogen-bond donors (Lipinski definition) is 1. The van der Waals surface area contributed by atoms with Gasteiger partial charge in [0, 0.05) is 9.85 Å². The van der Waals surface area contributed by atoms with Crippen molar-refractivity contribution in [1.29, 1.82) is 0 Å². The highest BCUT2D eigenvalue weighted by Crippen LogP contribution is 2.41. The van der Waals surface area contributed by atoms with E-state index in [1.54, 1.807) is 11.3 Å². The maximum atomic E-state index is 11.2. The van der Waals surface area contributed by atoms with Crippen LogP contribution in [0, 0.1) is 5.92 Å². The van der Waals surface area contributed by atoms with Gasteiger partial charge in [0.1, 0.15) is 0 Å². The smallest absolute Gasteiger partial charge is 0.307 e. The number of aliphatic carboxylic acids is 1. The van der Waals surface area contributed by atoms with E-state index in [9.17, 15) is 9.90 Å². The van der Waals surface area contributed by atoms with Crippen molar-refractivity contribution in [2.45, 2.75) is 31.6 Å². The molecule has 1 aliphatic rings. The Morgan fingerprint density at radius 2 is 2.13 bits per heavy atom. The fourth-order valence-electron chi connectivity index (χ4n) is 2.35. The van der Waals surface area contributed by atoms with Gasteiger partial charge in [-0.15, -0.1) is 0 Å². The van der Waals surface area contributed by atoms with Crippen LogP contribution in [-0.2, 0) is 4.79 Å². The van der Waals surface area contributed by atoms with E-state index in [2.05, 4.69) is 21.3 Å². The number of carbonyl (C=O) groups is 1. The molecule has 1 saturated carbocycles. The molecule has 82 valence electrons. The van der Waals surface area contributed by atoms with E-state index in [0.29, 0.717) is 0 Å². The van der Waals surface area contributed by atoms with Crippen LogP contribution in [0.1, 0.15) is 37.2 Å². The van der Waals surface area contributed by atoms with E-state index < -0.39 is 5.97 Å². The molecule has 0 bridgehead atoms. The number of rotatable bonds is 2. The normalized spacial score (nSPS) is 26.5. The predicted molar refractivity (Wildman–Crippen MR) is 64.4 cm³/mol. The zero-order valence-corrected chi connectivity index (χ0v) is 10.7. The molecular weight excluding hydrogens is 276 g/mol. The molecule has 0 spiro atoms. The Balaban J connectivity index is 2.25. The lowest BCUT2D eigenvalue weighted by Crippen LogP contribution is -2.25. The molecule has 0 radical (unpaired) electrons. The average Bonchev–Trinajstić information content (AvgIpc) is 2.64. The summed E-state index contributed by atoms with van der Waals surface area (Å²) in [6, 6.07) is 0. The minimum absolute atomic E-state index is 0.190. The van der Waals surface area contributed by atoms with Gasteiger partial charge in [-0.05, 0) is 45.6 Å². The first-order valence-electron chi connectivity index (χ1n) is 5.14. The summed E-state index contributed by atoms with van der Waals surface area (Å²) in [4.78, 5) is 11.2. The first kappa shape index (κ1) is 11.1. The second kappa shape index (κ2) is 4.66. The second-order valence-corrected chi connectivity index (χ2v) is 5.61. The summed E-state index contributed by atoms with van der Waals surface area (Å²) < 4.78 is 1.07. The van der Waals surface area contributed by atoms with Gasteiger partial charge in [-0.3, -0.25) is 4.79 Å². The van der Waals surface area contributed by atoms with Gasteiger partial charge in [0.25, 0.3) is 0 Å². The largest absolute Gasteiger partial charge is 0.481 e. The molecule has 2 nitrogen and oxygen atoms in total. The van der Waals surface area contributed by atoms with Gasteiger partial charge >= 0.3 is 5.97 Å². The summed E-state index contributed by atoms with van der Waals surface area (Å²) in [6.45, 7) is 0. The van der Waals surface area contributed by atoms with Crippen molar-refractivity contribution in [2.75, 3.05) is 0 Å². The van der Waals surface area contributed by atoms with E-state index in [4.69, 9.17) is 0 Å². The topological polar surface area (TPSA) is 37.3 Å². The molecule has 1 aliphatic carbocycles. The zero-order valence-electron chi connectivity index (χ0n) is 8.28. The molecule has 2 rings (SSSR count). The van der Waals surface area contributed by atoms with Gasteiger partial charge in [0.15, 0.2) is 0 Å². The lowest BCUT2D eigenvalue weighted by molar-refractivity contribution is -0.143. The van der Waals surface area contributed by atoms with E-state index >= 15 is 0 Å². The third-order valence-electron chi connectivity index (χ3n) is 3.12. The molecule has 1 fully saturated rings. The summed E-state index contributed by atoms with van der Waals surface area (Å²) in [6.07, 6.45) is 4.03. The molecule has 0 amide bonds. The molecular formula is C11H13BrO2S. The van der Waals surface area contributed by atoms with Crippen LogP contribution in [0.2, 0.25) is 0 Å². The van der Waals surface area contributed by atoms with Crippen molar-refractivity contribution in [2.24, 2.45) is 5.92 Å². The minimum Gasteiger partial charge on any atom is -0.481 e. The van der Waals surface area contributed by atoms with Crippen LogP contribution in [0.5, 0.6) is 0 Å². The Hall–Kier alpha value is -0.350. The van der Waals surface area contributed by atoms with Gasteiger partial charge < -0.3 is 5.11 Å². The lowest BCUT2D eigenvalue weighted by Gasteiger charge is -2.28. The van der Waals surface area contributed by atoms with Crippen molar-refractivity contribution in [3.05, 3.63) is 20.8 Å². The summed E-state index contributed by atoms with van der Waals surface area (Å²) in [5.41, 5.74) is 1.19. The first-order valence-corrected chi connectivity index (χ1v) is 6.88. The SMILES string of the molecule is O=C(O)C1CCCCC1c1cscc1Br. The zero-order chi connectivity index (χ0) is 10.8. The van der Waals surface area contributed by atoms with Crippen molar-refractivity contribution in [3.63, 3.8) is 0 Å². The van der Waals surface area contributed by atoms with Crippen LogP contribution in [0.15, 0.2) is 15.2 Å². The van der Waals surface area contributed by atoms with Gasteiger partial charge in [0.2, 0.25) is 0 Å². The molecule has 0 aromatic carbocycles. The van der Waals surface area contributed by atoms with Gasteiger partial charge in [-0.2, -0.15) is 11.3 Å². The molecule has 0 aliphatic heterocycles. The number of carboxylic acid groups (broad SMARTS) is 1. The maximum Gasteiger partial charge on any atom is 0.307 e. The van der Waals surface area contributed by atoms with Gasteiger partial charge in [-0.1, -0.05) is 12.8 Å². The summed E-state index contributed by atoms with van der Waals surface area (Å²) in [5.74, 6) is -0.626. The number of hydrogen-bond acceptors (Lipinski definition) is 2. The van der Waals surface area contributed by atoms with Crippen molar-refractivity contribution in [3.8, 4) is 0 Å². The molecule has 2 unspecified atom stereocenters. The highest BCUT2D eigenvalue weighted by atomic mass is 79.9. The van der Waals surface area contributed by atoms with Crippen LogP contribution in [0.25, 0.3) is 0 Å². The Labute approximate surface area is 101 Å². The van der Waals surface area contributed by atoms with E-state index in [1.807, 2.05) is 5.38 Å². The number of halogens is 1. The number of thiophene rings is 1. The average molecular weight is 289 g/mol. The maximum absolute atomic E-state index is 11.2. The van der Waals surface area contributed by atoms with Gasteiger partial charge in [-0.25, -0.2) is 0 Å². The molecule has 1 heterocycles. The Kier molecular flexibility index (Phi) is 3.46. The summed E-state index contributed by atoms with van der Waals surface area (Å²) >= 11 is 5.13. The van der Waals surface area contributed by atoms with Crippen LogP contribution < -0.4 is 0 Å². The molecule has 1 aromatic rings. The number of carboxylic acids is 1. The Morgan fingerprint density at radius 1 is 1.40 bits per heavy atom. The highest BCUT2D eigenvalue weighted by Gasteiger charge is 2.33. The Morgan fingerprint density at radius 3 is 2.73 bits per heavy atom. The summed E-state index contributed by atoms with van der Waals surface area (Å²) in [7, 11) is 0. The van der Waals surface area contributed by atoms with E-state index in [1.165, 1.54) is 5.56 Å². The van der Waals surface area contributed by atoms with Gasteiger partial charge in [0.05, 0.1) is 5.92 Å². The third-order valence-corrected chi connectivity index (χ3v) is 4.88. The van der Waals surface area contributed by atoms with Crippen molar-refractivity contribution < 1.29 is 9.90 Å². The lowest BCUT2D eigenvalue weighted by atomic mass is 9.76. The molecule has 1 aromatic heterocycles. The molecule has 2 atom stereocenters. The van der Waals surface area contributed by atoms with Crippen LogP contribution in [0.4, 0.5) is 0 Å². The van der Waals surface area contributed by atoms with E-state index in [-0.39, 0.29) is 11.8 Å². The highest BCUT2D eigenvalue weighted by molar-refractivity contribution is 9.10. The van der Waals surface area contributed by atoms with Crippen LogP contribution >= 0.6 is 27.3 Å². The molecule has 1 N–H and O–H groups in total. The molecule has 15 heavy (non-hydrogen) atoms. The summed E-state index contributed by atoms with van der Waals surface area (Å²) in [5, 5.41) is 13.3. The molecule has 4 heteroatoms. The van der Waals surface area contributed by atoms with Crippen LogP contribution in [-0.4, -0.2) is 11.1 Å². The quantitative estimate of drug-likeness (QED) is 0.897. The minimum atomic E-state index is -0.641. The third kappa shape index (κ3) is 2.26. The van der Waals surface area contributed by atoms with Crippen LogP contribution in [0.3, 0.4) is 0 Å². The second-order valence-electron chi connectivity index (χ2n) is 4.01. The predicted octanol–water partition coefficient (Wildman–Crippen LogP) is 3.87. The standard InChI is InChI=1S/C11H13BrO2S/c12-10-6-15-5-9(10)7-3-1-2-4-8(7)11(13)14/h5-8H,1-4H2,(H,13,14). The van der Waals surface area contributed by atoms with Crippen molar-refractivity contribution >= 4 is 33.2 Å². The fourth-order valence-corrected chi connectivity index (χ4v) is 4.01. The Bertz CT molecular complexity index is 361. The van der Waals surface area contributed by atoms with E-state index in [0.717, 1.165) is 30.2 Å². The fraction of sp³-hybridized carbons (Fsp3) is 0.545. The van der Waals surface area contributed by atoms with Crippen molar-refractivity contribution in [1.82, 2.24) is 0 Å². The first-order chi connectivity index (χ1) is 7.20. The molecule has 0 saturated heterocycles. The monoisotopic (exact) mass is 288 g/mol.